The minimum Gasteiger partial charge on any atom is -0.497 e. The topological polar surface area (TPSA) is 43.2 Å². The van der Waals surface area contributed by atoms with Gasteiger partial charge >= 0.3 is 5.92 Å². The second-order valence-corrected chi connectivity index (χ2v) is 4.94. The first kappa shape index (κ1) is 15.1. The Morgan fingerprint density at radius 2 is 1.22 bits per heavy atom. The molecule has 0 saturated heterocycles. The molecule has 0 unspecified atom stereocenters. The molecule has 2 aromatic rings. The SMILES string of the molecule is COc1cccc(C2=NN=C(c3cccc(OC)c3)C2(F)F)c1. The van der Waals surface area contributed by atoms with Crippen LogP contribution < -0.4 is 9.47 Å². The molecular weight excluding hydrogens is 302 g/mol. The van der Waals surface area contributed by atoms with Crippen molar-refractivity contribution in [1.82, 2.24) is 0 Å². The molecule has 23 heavy (non-hydrogen) atoms. The van der Waals surface area contributed by atoms with Crippen LogP contribution in [0.15, 0.2) is 58.7 Å². The fraction of sp³-hybridized carbons (Fsp3) is 0.176. The fourth-order valence-electron chi connectivity index (χ4n) is 2.36. The zero-order valence-electron chi connectivity index (χ0n) is 12.6. The van der Waals surface area contributed by atoms with Crippen molar-refractivity contribution in [3.8, 4) is 11.5 Å². The smallest absolute Gasteiger partial charge is 0.336 e. The second-order valence-electron chi connectivity index (χ2n) is 4.94. The number of hydrogen-bond acceptors (Lipinski definition) is 4. The van der Waals surface area contributed by atoms with E-state index in [4.69, 9.17) is 9.47 Å². The Bertz CT molecular complexity index is 735. The van der Waals surface area contributed by atoms with Crippen LogP contribution in [0.4, 0.5) is 8.78 Å². The van der Waals surface area contributed by atoms with Crippen molar-refractivity contribution in [2.45, 2.75) is 5.92 Å². The summed E-state index contributed by atoms with van der Waals surface area (Å²) in [5.74, 6) is -2.33. The summed E-state index contributed by atoms with van der Waals surface area (Å²) in [5, 5.41) is 7.41. The van der Waals surface area contributed by atoms with Crippen LogP contribution >= 0.6 is 0 Å². The number of alkyl halides is 2. The van der Waals surface area contributed by atoms with Crippen molar-refractivity contribution in [3.63, 3.8) is 0 Å². The highest BCUT2D eigenvalue weighted by atomic mass is 19.3. The van der Waals surface area contributed by atoms with E-state index in [-0.39, 0.29) is 11.1 Å². The van der Waals surface area contributed by atoms with Crippen molar-refractivity contribution >= 4 is 11.4 Å². The maximum absolute atomic E-state index is 14.8. The quantitative estimate of drug-likeness (QED) is 0.866. The first-order valence-corrected chi connectivity index (χ1v) is 6.89. The zero-order valence-corrected chi connectivity index (χ0v) is 12.6. The van der Waals surface area contributed by atoms with Crippen LogP contribution in [-0.2, 0) is 0 Å². The van der Waals surface area contributed by atoms with Crippen molar-refractivity contribution in [1.29, 1.82) is 0 Å². The Hall–Kier alpha value is -2.76. The molecule has 0 radical (unpaired) electrons. The van der Waals surface area contributed by atoms with Crippen LogP contribution in [0.5, 0.6) is 11.5 Å². The minimum absolute atomic E-state index is 0.274. The third-order valence-corrected chi connectivity index (χ3v) is 3.53. The van der Waals surface area contributed by atoms with E-state index < -0.39 is 17.3 Å². The van der Waals surface area contributed by atoms with Gasteiger partial charge in [-0.2, -0.15) is 8.78 Å². The van der Waals surface area contributed by atoms with Crippen LogP contribution in [0.25, 0.3) is 0 Å². The number of hydrogen-bond donors (Lipinski definition) is 0. The van der Waals surface area contributed by atoms with Gasteiger partial charge < -0.3 is 9.47 Å². The molecule has 4 nitrogen and oxygen atoms in total. The summed E-state index contributed by atoms with van der Waals surface area (Å²) in [7, 11) is 2.96. The number of nitrogens with zero attached hydrogens (tertiary/aromatic N) is 2. The van der Waals surface area contributed by atoms with Gasteiger partial charge in [0.15, 0.2) is 0 Å². The summed E-state index contributed by atoms with van der Waals surface area (Å²) in [5.41, 5.74) is -0.240. The minimum atomic E-state index is -3.29. The standard InChI is InChI=1S/C17H14F2N2O2/c1-22-13-7-3-5-11(9-13)15-17(18,19)16(21-20-15)12-6-4-8-14(10-12)23-2/h3-10H,1-2H3. The van der Waals surface area contributed by atoms with E-state index in [2.05, 4.69) is 10.2 Å². The average Bonchev–Trinajstić information content (AvgIpc) is 2.89. The van der Waals surface area contributed by atoms with Crippen LogP contribution in [-0.4, -0.2) is 31.6 Å². The summed E-state index contributed by atoms with van der Waals surface area (Å²) in [6.45, 7) is 0. The molecule has 0 aromatic heterocycles. The van der Waals surface area contributed by atoms with E-state index >= 15 is 0 Å². The average molecular weight is 316 g/mol. The lowest BCUT2D eigenvalue weighted by molar-refractivity contribution is 0.162. The number of methoxy groups -OCH3 is 2. The number of benzene rings is 2. The van der Waals surface area contributed by atoms with Gasteiger partial charge in [0.05, 0.1) is 14.2 Å². The van der Waals surface area contributed by atoms with E-state index in [1.807, 2.05) is 0 Å². The maximum Gasteiger partial charge on any atom is 0.336 e. The number of rotatable bonds is 4. The summed E-state index contributed by atoms with van der Waals surface area (Å²) in [6.07, 6.45) is 0. The second kappa shape index (κ2) is 5.79. The van der Waals surface area contributed by atoms with Crippen LogP contribution in [0.3, 0.4) is 0 Å². The molecule has 0 bridgehead atoms. The lowest BCUT2D eigenvalue weighted by Crippen LogP contribution is -2.35. The normalized spacial score (nSPS) is 15.8. The predicted octanol–water partition coefficient (Wildman–Crippen LogP) is 3.55. The summed E-state index contributed by atoms with van der Waals surface area (Å²) < 4.78 is 39.7. The molecule has 0 N–H and O–H groups in total. The molecule has 0 aliphatic carbocycles. The molecule has 0 atom stereocenters. The third-order valence-electron chi connectivity index (χ3n) is 3.53. The van der Waals surface area contributed by atoms with Gasteiger partial charge in [-0.25, -0.2) is 0 Å². The highest BCUT2D eigenvalue weighted by Gasteiger charge is 2.47. The lowest BCUT2D eigenvalue weighted by atomic mass is 9.97. The van der Waals surface area contributed by atoms with Crippen LogP contribution in [0, 0.1) is 0 Å². The molecule has 0 fully saturated rings. The number of ether oxygens (including phenoxy) is 2. The van der Waals surface area contributed by atoms with Crippen molar-refractivity contribution in [2.24, 2.45) is 10.2 Å². The molecule has 2 aromatic carbocycles. The van der Waals surface area contributed by atoms with Crippen LogP contribution in [0.2, 0.25) is 0 Å². The van der Waals surface area contributed by atoms with E-state index in [9.17, 15) is 8.78 Å². The molecule has 1 aliphatic rings. The Balaban J connectivity index is 1.96. The van der Waals surface area contributed by atoms with E-state index in [1.165, 1.54) is 26.4 Å². The Morgan fingerprint density at radius 3 is 1.61 bits per heavy atom. The fourth-order valence-corrected chi connectivity index (χ4v) is 2.36. The zero-order chi connectivity index (χ0) is 16.4. The molecule has 1 heterocycles. The summed E-state index contributed by atoms with van der Waals surface area (Å²) >= 11 is 0. The molecule has 3 rings (SSSR count). The summed E-state index contributed by atoms with van der Waals surface area (Å²) in [4.78, 5) is 0. The van der Waals surface area contributed by atoms with Gasteiger partial charge in [-0.1, -0.05) is 24.3 Å². The maximum atomic E-state index is 14.8. The highest BCUT2D eigenvalue weighted by molar-refractivity contribution is 6.27. The Kier molecular flexibility index (Phi) is 3.82. The van der Waals surface area contributed by atoms with Gasteiger partial charge in [-0.3, -0.25) is 0 Å². The van der Waals surface area contributed by atoms with Gasteiger partial charge in [-0.15, -0.1) is 10.2 Å². The molecule has 1 aliphatic heterocycles. The molecule has 0 spiro atoms. The van der Waals surface area contributed by atoms with E-state index in [0.717, 1.165) is 0 Å². The first-order chi connectivity index (χ1) is 11.1. The van der Waals surface area contributed by atoms with Gasteiger partial charge in [0.1, 0.15) is 22.9 Å². The van der Waals surface area contributed by atoms with Gasteiger partial charge in [0.25, 0.3) is 0 Å². The highest BCUT2D eigenvalue weighted by Crippen LogP contribution is 2.33. The third kappa shape index (κ3) is 2.67. The molecular formula is C17H14F2N2O2. The molecule has 0 saturated carbocycles. The van der Waals surface area contributed by atoms with Crippen molar-refractivity contribution in [3.05, 3.63) is 59.7 Å². The first-order valence-electron chi connectivity index (χ1n) is 6.89. The Labute approximate surface area is 132 Å². The largest absolute Gasteiger partial charge is 0.497 e. The summed E-state index contributed by atoms with van der Waals surface area (Å²) in [6, 6.07) is 12.8. The Morgan fingerprint density at radius 1 is 0.783 bits per heavy atom. The van der Waals surface area contributed by atoms with Crippen molar-refractivity contribution < 1.29 is 18.3 Å². The van der Waals surface area contributed by atoms with Crippen molar-refractivity contribution in [2.75, 3.05) is 14.2 Å². The predicted molar refractivity (Wildman–Crippen MR) is 84.0 cm³/mol. The molecule has 118 valence electrons. The number of halogens is 2. The van der Waals surface area contributed by atoms with E-state index in [0.29, 0.717) is 11.5 Å². The van der Waals surface area contributed by atoms with E-state index in [1.54, 1.807) is 36.4 Å². The van der Waals surface area contributed by atoms with Gasteiger partial charge in [0, 0.05) is 11.1 Å². The van der Waals surface area contributed by atoms with Gasteiger partial charge in [0.2, 0.25) is 0 Å². The van der Waals surface area contributed by atoms with Crippen LogP contribution in [0.1, 0.15) is 11.1 Å². The monoisotopic (exact) mass is 316 g/mol. The molecule has 6 heteroatoms. The lowest BCUT2D eigenvalue weighted by Gasteiger charge is -2.16. The van der Waals surface area contributed by atoms with Gasteiger partial charge in [-0.05, 0) is 24.3 Å². The molecule has 0 amide bonds.